The van der Waals surface area contributed by atoms with Gasteiger partial charge in [0, 0.05) is 21.6 Å². The quantitative estimate of drug-likeness (QED) is 0.743. The lowest BCUT2D eigenvalue weighted by atomic mass is 10.1. The van der Waals surface area contributed by atoms with Crippen LogP contribution in [-0.4, -0.2) is 10.9 Å². The number of carbonyl (C=O) groups excluding carboxylic acids is 1. The fourth-order valence-corrected chi connectivity index (χ4v) is 2.62. The Labute approximate surface area is 131 Å². The largest absolute Gasteiger partial charge is 0.321 e. The summed E-state index contributed by atoms with van der Waals surface area (Å²) in [6, 6.07) is 15.1. The first-order valence-electron chi connectivity index (χ1n) is 6.57. The van der Waals surface area contributed by atoms with Gasteiger partial charge in [0.1, 0.15) is 0 Å². The Bertz CT molecular complexity index is 825. The molecule has 0 unspecified atom stereocenters. The van der Waals surface area contributed by atoms with E-state index < -0.39 is 0 Å². The molecule has 104 valence electrons. The van der Waals surface area contributed by atoms with Crippen LogP contribution in [0, 0.1) is 6.92 Å². The number of hydrogen-bond donors (Lipinski definition) is 1. The first-order chi connectivity index (χ1) is 10.2. The van der Waals surface area contributed by atoms with Crippen LogP contribution in [0.3, 0.4) is 0 Å². The molecule has 0 atom stereocenters. The van der Waals surface area contributed by atoms with Crippen LogP contribution in [-0.2, 0) is 0 Å². The van der Waals surface area contributed by atoms with E-state index in [9.17, 15) is 4.79 Å². The van der Waals surface area contributed by atoms with Crippen molar-refractivity contribution in [2.24, 2.45) is 0 Å². The van der Waals surface area contributed by atoms with Gasteiger partial charge in [-0.05, 0) is 48.9 Å². The molecular weight excluding hydrogens is 328 g/mol. The van der Waals surface area contributed by atoms with E-state index in [1.54, 1.807) is 6.20 Å². The van der Waals surface area contributed by atoms with Gasteiger partial charge in [0.05, 0.1) is 11.2 Å². The summed E-state index contributed by atoms with van der Waals surface area (Å²) in [5.74, 6) is -0.120. The van der Waals surface area contributed by atoms with Crippen molar-refractivity contribution >= 4 is 38.4 Å². The Morgan fingerprint density at radius 1 is 1.10 bits per heavy atom. The number of amides is 1. The van der Waals surface area contributed by atoms with Gasteiger partial charge in [-0.3, -0.25) is 9.78 Å². The summed E-state index contributed by atoms with van der Waals surface area (Å²) in [5, 5.41) is 3.90. The molecule has 4 heteroatoms. The van der Waals surface area contributed by atoms with E-state index in [0.29, 0.717) is 5.56 Å². The summed E-state index contributed by atoms with van der Waals surface area (Å²) in [4.78, 5) is 16.8. The van der Waals surface area contributed by atoms with E-state index in [4.69, 9.17) is 0 Å². The van der Waals surface area contributed by atoms with E-state index in [1.165, 1.54) is 0 Å². The van der Waals surface area contributed by atoms with Crippen molar-refractivity contribution in [3.8, 4) is 0 Å². The van der Waals surface area contributed by atoms with Crippen molar-refractivity contribution < 1.29 is 4.79 Å². The van der Waals surface area contributed by atoms with Gasteiger partial charge in [-0.15, -0.1) is 0 Å². The Morgan fingerprint density at radius 3 is 2.76 bits per heavy atom. The summed E-state index contributed by atoms with van der Waals surface area (Å²) in [6.45, 7) is 1.92. The van der Waals surface area contributed by atoms with E-state index in [-0.39, 0.29) is 5.91 Å². The van der Waals surface area contributed by atoms with E-state index in [2.05, 4.69) is 26.2 Å². The average molecular weight is 341 g/mol. The third kappa shape index (κ3) is 2.67. The number of rotatable bonds is 2. The van der Waals surface area contributed by atoms with Crippen LogP contribution in [0.2, 0.25) is 0 Å². The molecule has 0 radical (unpaired) electrons. The molecule has 0 bridgehead atoms. The average Bonchev–Trinajstić information content (AvgIpc) is 2.50. The molecule has 0 aliphatic heterocycles. The first-order valence-corrected chi connectivity index (χ1v) is 7.36. The van der Waals surface area contributed by atoms with E-state index >= 15 is 0 Å². The van der Waals surface area contributed by atoms with Crippen LogP contribution < -0.4 is 5.32 Å². The molecule has 0 aliphatic carbocycles. The molecule has 0 spiro atoms. The Hall–Kier alpha value is -2.20. The highest BCUT2D eigenvalue weighted by molar-refractivity contribution is 9.10. The fraction of sp³-hybridized carbons (Fsp3) is 0.0588. The van der Waals surface area contributed by atoms with Gasteiger partial charge >= 0.3 is 0 Å². The molecular formula is C17H13BrN2O. The van der Waals surface area contributed by atoms with Crippen LogP contribution in [0.5, 0.6) is 0 Å². The number of aromatic nitrogens is 1. The molecule has 0 aliphatic rings. The van der Waals surface area contributed by atoms with Crippen LogP contribution in [0.4, 0.5) is 5.69 Å². The number of fused-ring (bicyclic) bond motifs is 1. The summed E-state index contributed by atoms with van der Waals surface area (Å²) in [7, 11) is 0. The fourth-order valence-electron chi connectivity index (χ4n) is 2.26. The third-order valence-corrected chi connectivity index (χ3v) is 4.27. The normalized spacial score (nSPS) is 10.6. The van der Waals surface area contributed by atoms with Crippen LogP contribution in [0.15, 0.2) is 59.2 Å². The molecule has 3 aromatic rings. The van der Waals surface area contributed by atoms with Crippen molar-refractivity contribution in [3.05, 3.63) is 70.3 Å². The Morgan fingerprint density at radius 2 is 1.90 bits per heavy atom. The number of benzene rings is 2. The van der Waals surface area contributed by atoms with Crippen molar-refractivity contribution in [2.75, 3.05) is 5.32 Å². The molecule has 0 fully saturated rings. The lowest BCUT2D eigenvalue weighted by Gasteiger charge is -2.10. The zero-order chi connectivity index (χ0) is 14.8. The molecule has 0 saturated carbocycles. The summed E-state index contributed by atoms with van der Waals surface area (Å²) >= 11 is 3.45. The van der Waals surface area contributed by atoms with Gasteiger partial charge in [0.25, 0.3) is 5.91 Å². The van der Waals surface area contributed by atoms with Gasteiger partial charge in [-0.25, -0.2) is 0 Å². The minimum atomic E-state index is -0.120. The van der Waals surface area contributed by atoms with Crippen LogP contribution >= 0.6 is 15.9 Å². The molecule has 1 aromatic heterocycles. The lowest BCUT2D eigenvalue weighted by Crippen LogP contribution is -2.13. The van der Waals surface area contributed by atoms with Gasteiger partial charge in [0.15, 0.2) is 0 Å². The second-order valence-electron chi connectivity index (χ2n) is 4.74. The number of nitrogens with one attached hydrogen (secondary N) is 1. The van der Waals surface area contributed by atoms with E-state index in [1.807, 2.05) is 55.5 Å². The lowest BCUT2D eigenvalue weighted by molar-refractivity contribution is 0.102. The maximum Gasteiger partial charge on any atom is 0.255 e. The molecule has 2 aromatic carbocycles. The topological polar surface area (TPSA) is 42.0 Å². The Kier molecular flexibility index (Phi) is 3.71. The van der Waals surface area contributed by atoms with Gasteiger partial charge in [0.2, 0.25) is 0 Å². The number of anilines is 1. The molecule has 1 amide bonds. The van der Waals surface area contributed by atoms with Crippen molar-refractivity contribution in [1.82, 2.24) is 4.98 Å². The van der Waals surface area contributed by atoms with Crippen molar-refractivity contribution in [1.29, 1.82) is 0 Å². The summed E-state index contributed by atoms with van der Waals surface area (Å²) in [5.41, 5.74) is 3.21. The van der Waals surface area contributed by atoms with Crippen LogP contribution in [0.1, 0.15) is 15.9 Å². The molecule has 3 nitrogen and oxygen atoms in total. The van der Waals surface area contributed by atoms with E-state index in [0.717, 1.165) is 26.6 Å². The SMILES string of the molecule is Cc1c(Br)cccc1C(=O)Nc1cccc2ncccc12. The number of hydrogen-bond acceptors (Lipinski definition) is 2. The zero-order valence-corrected chi connectivity index (χ0v) is 13.0. The number of nitrogens with zero attached hydrogens (tertiary/aromatic N) is 1. The maximum atomic E-state index is 12.5. The highest BCUT2D eigenvalue weighted by Gasteiger charge is 2.12. The zero-order valence-electron chi connectivity index (χ0n) is 11.4. The predicted molar refractivity (Wildman–Crippen MR) is 88.6 cm³/mol. The molecule has 1 N–H and O–H groups in total. The number of carbonyl (C=O) groups is 1. The minimum Gasteiger partial charge on any atom is -0.321 e. The van der Waals surface area contributed by atoms with Gasteiger partial charge < -0.3 is 5.32 Å². The predicted octanol–water partition coefficient (Wildman–Crippen LogP) is 4.56. The first kappa shape index (κ1) is 13.8. The molecule has 1 heterocycles. The van der Waals surface area contributed by atoms with Crippen LogP contribution in [0.25, 0.3) is 10.9 Å². The highest BCUT2D eigenvalue weighted by atomic mass is 79.9. The van der Waals surface area contributed by atoms with Crippen molar-refractivity contribution in [2.45, 2.75) is 6.92 Å². The molecule has 3 rings (SSSR count). The smallest absolute Gasteiger partial charge is 0.255 e. The summed E-state index contributed by atoms with van der Waals surface area (Å²) < 4.78 is 0.926. The third-order valence-electron chi connectivity index (χ3n) is 3.41. The Balaban J connectivity index is 1.99. The monoisotopic (exact) mass is 340 g/mol. The number of pyridine rings is 1. The highest BCUT2D eigenvalue weighted by Crippen LogP contribution is 2.24. The summed E-state index contributed by atoms with van der Waals surface area (Å²) in [6.07, 6.45) is 1.74. The van der Waals surface area contributed by atoms with Gasteiger partial charge in [-0.1, -0.05) is 28.1 Å². The van der Waals surface area contributed by atoms with Gasteiger partial charge in [-0.2, -0.15) is 0 Å². The number of halogens is 1. The van der Waals surface area contributed by atoms with Crippen molar-refractivity contribution in [3.63, 3.8) is 0 Å². The second kappa shape index (κ2) is 5.66. The maximum absolute atomic E-state index is 12.5. The molecule has 0 saturated heterocycles. The minimum absolute atomic E-state index is 0.120. The second-order valence-corrected chi connectivity index (χ2v) is 5.60. The molecule has 21 heavy (non-hydrogen) atoms. The standard InChI is InChI=1S/C17H13BrN2O/c1-11-12(5-2-7-14(11)18)17(21)20-16-9-3-8-15-13(16)6-4-10-19-15/h2-10H,1H3,(H,20,21).